The predicted octanol–water partition coefficient (Wildman–Crippen LogP) is 7.84. The standard InChI is InChI=1S/C28H26Br3N3O3/c1-5-36-22-13-18(23(30)24(31)25(22)37-16-17-9-7-6-8-10-17)15-32-34-26(35)20-14-19(29)11-12-21(20)33-27(34)28(2,3)4/h6-15H,5,16H2,1-4H3. The molecule has 4 rings (SSSR count). The molecule has 4 aromatic rings. The number of hydrogen-bond donors (Lipinski definition) is 0. The van der Waals surface area contributed by atoms with Crippen LogP contribution in [0.15, 0.2) is 77.9 Å². The molecule has 192 valence electrons. The maximum Gasteiger partial charge on any atom is 0.282 e. The van der Waals surface area contributed by atoms with Gasteiger partial charge in [0.15, 0.2) is 11.5 Å². The molecule has 0 N–H and O–H groups in total. The molecule has 0 fully saturated rings. The molecule has 1 heterocycles. The first-order valence-corrected chi connectivity index (χ1v) is 14.1. The van der Waals surface area contributed by atoms with E-state index in [2.05, 4.69) is 52.9 Å². The van der Waals surface area contributed by atoms with Gasteiger partial charge in [0.1, 0.15) is 12.4 Å². The zero-order valence-electron chi connectivity index (χ0n) is 20.9. The number of hydrogen-bond acceptors (Lipinski definition) is 5. The van der Waals surface area contributed by atoms with E-state index >= 15 is 0 Å². The fourth-order valence-electron chi connectivity index (χ4n) is 3.69. The van der Waals surface area contributed by atoms with Gasteiger partial charge in [-0.3, -0.25) is 4.79 Å². The number of nitrogens with zero attached hydrogens (tertiary/aromatic N) is 3. The van der Waals surface area contributed by atoms with Crippen molar-refractivity contribution >= 4 is 64.9 Å². The Morgan fingerprint density at radius 1 is 1.00 bits per heavy atom. The first kappa shape index (κ1) is 27.5. The van der Waals surface area contributed by atoms with Crippen molar-refractivity contribution in [2.45, 2.75) is 39.7 Å². The van der Waals surface area contributed by atoms with Crippen molar-refractivity contribution in [2.75, 3.05) is 6.61 Å². The molecule has 0 aliphatic heterocycles. The molecule has 6 nitrogen and oxygen atoms in total. The summed E-state index contributed by atoms with van der Waals surface area (Å²) in [4.78, 5) is 18.3. The van der Waals surface area contributed by atoms with Crippen LogP contribution in [0.3, 0.4) is 0 Å². The van der Waals surface area contributed by atoms with E-state index in [1.54, 1.807) is 12.3 Å². The minimum atomic E-state index is -0.415. The van der Waals surface area contributed by atoms with Crippen molar-refractivity contribution < 1.29 is 9.47 Å². The van der Waals surface area contributed by atoms with Crippen LogP contribution in [-0.4, -0.2) is 22.5 Å². The van der Waals surface area contributed by atoms with Gasteiger partial charge in [0.05, 0.1) is 28.2 Å². The first-order chi connectivity index (χ1) is 17.6. The van der Waals surface area contributed by atoms with Crippen molar-refractivity contribution in [1.29, 1.82) is 0 Å². The summed E-state index contributed by atoms with van der Waals surface area (Å²) in [7, 11) is 0. The Morgan fingerprint density at radius 3 is 2.41 bits per heavy atom. The molecule has 37 heavy (non-hydrogen) atoms. The lowest BCUT2D eigenvalue weighted by Gasteiger charge is -2.21. The highest BCUT2D eigenvalue weighted by Crippen LogP contribution is 2.43. The van der Waals surface area contributed by atoms with Gasteiger partial charge < -0.3 is 9.47 Å². The van der Waals surface area contributed by atoms with E-state index in [9.17, 15) is 4.79 Å². The quantitative estimate of drug-likeness (QED) is 0.185. The minimum absolute atomic E-state index is 0.240. The van der Waals surface area contributed by atoms with Crippen LogP contribution >= 0.6 is 47.8 Å². The van der Waals surface area contributed by atoms with Gasteiger partial charge in [-0.15, -0.1) is 0 Å². The fourth-order valence-corrected chi connectivity index (χ4v) is 4.98. The van der Waals surface area contributed by atoms with Crippen molar-refractivity contribution in [3.05, 3.63) is 95.3 Å². The van der Waals surface area contributed by atoms with Crippen LogP contribution in [0.5, 0.6) is 11.5 Å². The van der Waals surface area contributed by atoms with Gasteiger partial charge in [-0.2, -0.15) is 9.78 Å². The summed E-state index contributed by atoms with van der Waals surface area (Å²) in [5, 5.41) is 5.09. The summed E-state index contributed by atoms with van der Waals surface area (Å²) in [5.41, 5.74) is 1.73. The summed E-state index contributed by atoms with van der Waals surface area (Å²) in [6.45, 7) is 8.78. The summed E-state index contributed by atoms with van der Waals surface area (Å²) >= 11 is 10.8. The number of aromatic nitrogens is 2. The number of benzene rings is 3. The monoisotopic (exact) mass is 689 g/mol. The summed E-state index contributed by atoms with van der Waals surface area (Å²) in [6.07, 6.45) is 1.63. The Morgan fingerprint density at radius 2 is 1.73 bits per heavy atom. The summed E-state index contributed by atoms with van der Waals surface area (Å²) in [6, 6.07) is 17.2. The van der Waals surface area contributed by atoms with Crippen LogP contribution in [0.2, 0.25) is 0 Å². The van der Waals surface area contributed by atoms with Crippen LogP contribution in [-0.2, 0) is 12.0 Å². The van der Waals surface area contributed by atoms with E-state index in [4.69, 9.17) is 14.5 Å². The van der Waals surface area contributed by atoms with Crippen LogP contribution < -0.4 is 15.0 Å². The Hall–Kier alpha value is -2.49. The molecular formula is C28H26Br3N3O3. The van der Waals surface area contributed by atoms with Gasteiger partial charge >= 0.3 is 0 Å². The molecule has 0 unspecified atom stereocenters. The van der Waals surface area contributed by atoms with E-state index in [0.717, 1.165) is 14.5 Å². The number of rotatable bonds is 7. The number of halogens is 3. The molecule has 0 bridgehead atoms. The van der Waals surface area contributed by atoms with E-state index in [1.807, 2.05) is 76.2 Å². The molecule has 0 saturated carbocycles. The molecule has 0 amide bonds. The first-order valence-electron chi connectivity index (χ1n) is 11.7. The molecule has 0 aliphatic rings. The van der Waals surface area contributed by atoms with Crippen LogP contribution in [0.1, 0.15) is 44.6 Å². The molecule has 0 aliphatic carbocycles. The van der Waals surface area contributed by atoms with Crippen LogP contribution in [0.25, 0.3) is 10.9 Å². The van der Waals surface area contributed by atoms with Gasteiger partial charge in [-0.05, 0) is 68.6 Å². The lowest BCUT2D eigenvalue weighted by Crippen LogP contribution is -2.29. The molecular weight excluding hydrogens is 666 g/mol. The molecule has 0 radical (unpaired) electrons. The maximum absolute atomic E-state index is 13.5. The highest BCUT2D eigenvalue weighted by molar-refractivity contribution is 9.13. The van der Waals surface area contributed by atoms with Crippen molar-refractivity contribution in [2.24, 2.45) is 5.10 Å². The third-order valence-corrected chi connectivity index (χ3v) is 8.11. The van der Waals surface area contributed by atoms with E-state index in [1.165, 1.54) is 4.68 Å². The molecule has 3 aromatic carbocycles. The van der Waals surface area contributed by atoms with Gasteiger partial charge in [0, 0.05) is 19.9 Å². The minimum Gasteiger partial charge on any atom is -0.490 e. The van der Waals surface area contributed by atoms with Gasteiger partial charge in [0.2, 0.25) is 0 Å². The second-order valence-corrected chi connectivity index (χ2v) is 11.8. The topological polar surface area (TPSA) is 65.7 Å². The van der Waals surface area contributed by atoms with E-state index in [-0.39, 0.29) is 5.56 Å². The Bertz CT molecular complexity index is 1530. The van der Waals surface area contributed by atoms with Crippen molar-refractivity contribution in [1.82, 2.24) is 9.66 Å². The molecule has 9 heteroatoms. The van der Waals surface area contributed by atoms with E-state index in [0.29, 0.717) is 51.5 Å². The molecule has 1 aromatic heterocycles. The average molecular weight is 692 g/mol. The predicted molar refractivity (Wildman–Crippen MR) is 159 cm³/mol. The van der Waals surface area contributed by atoms with Gasteiger partial charge in [-0.25, -0.2) is 4.98 Å². The zero-order chi connectivity index (χ0) is 26.7. The molecule has 0 atom stereocenters. The second kappa shape index (κ2) is 11.5. The number of fused-ring (bicyclic) bond motifs is 1. The van der Waals surface area contributed by atoms with Crippen LogP contribution in [0.4, 0.5) is 0 Å². The van der Waals surface area contributed by atoms with E-state index < -0.39 is 5.41 Å². The number of ether oxygens (including phenoxy) is 2. The Balaban J connectivity index is 1.79. The summed E-state index contributed by atoms with van der Waals surface area (Å²) in [5.74, 6) is 1.71. The SMILES string of the molecule is CCOc1cc(C=Nn2c(C(C)(C)C)nc3ccc(Br)cc3c2=O)c(Br)c(Br)c1OCc1ccccc1. The van der Waals surface area contributed by atoms with Gasteiger partial charge in [0.25, 0.3) is 5.56 Å². The second-order valence-electron chi connectivity index (χ2n) is 9.34. The molecule has 0 spiro atoms. The fraction of sp³-hybridized carbons (Fsp3) is 0.250. The Labute approximate surface area is 241 Å². The summed E-state index contributed by atoms with van der Waals surface area (Å²) < 4.78 is 15.6. The third-order valence-electron chi connectivity index (χ3n) is 5.47. The Kier molecular flexibility index (Phi) is 8.56. The van der Waals surface area contributed by atoms with Crippen molar-refractivity contribution in [3.8, 4) is 11.5 Å². The van der Waals surface area contributed by atoms with Crippen LogP contribution in [0, 0.1) is 0 Å². The highest BCUT2D eigenvalue weighted by atomic mass is 79.9. The lowest BCUT2D eigenvalue weighted by molar-refractivity contribution is 0.267. The normalized spacial score (nSPS) is 11.9. The lowest BCUT2D eigenvalue weighted by atomic mass is 9.95. The smallest absolute Gasteiger partial charge is 0.282 e. The highest BCUT2D eigenvalue weighted by Gasteiger charge is 2.23. The average Bonchev–Trinajstić information content (AvgIpc) is 2.86. The zero-order valence-corrected chi connectivity index (χ0v) is 25.6. The molecule has 0 saturated heterocycles. The third kappa shape index (κ3) is 6.16. The van der Waals surface area contributed by atoms with Gasteiger partial charge in [-0.1, -0.05) is 67.0 Å². The largest absolute Gasteiger partial charge is 0.490 e. The van der Waals surface area contributed by atoms with Crippen molar-refractivity contribution in [3.63, 3.8) is 0 Å². The maximum atomic E-state index is 13.5.